The van der Waals surface area contributed by atoms with E-state index in [0.717, 1.165) is 31.0 Å². The number of hydrogen-bond donors (Lipinski definition) is 2. The number of aliphatic imine (C=N–C) groups is 1. The van der Waals surface area contributed by atoms with E-state index in [1.54, 1.807) is 12.1 Å². The summed E-state index contributed by atoms with van der Waals surface area (Å²) in [5.41, 5.74) is 0.733. The summed E-state index contributed by atoms with van der Waals surface area (Å²) in [5, 5.41) is 6.29. The number of nitrogens with one attached hydrogen (secondary N) is 2. The number of sulfonamides is 1. The van der Waals surface area contributed by atoms with Gasteiger partial charge < -0.3 is 10.6 Å². The van der Waals surface area contributed by atoms with Crippen LogP contribution in [0, 0.1) is 0 Å². The summed E-state index contributed by atoms with van der Waals surface area (Å²) in [4.78, 5) is 4.63. The molecule has 0 saturated carbocycles. The number of hydrogen-bond acceptors (Lipinski definition) is 5. The van der Waals surface area contributed by atoms with Crippen molar-refractivity contribution in [1.29, 1.82) is 0 Å². The smallest absolute Gasteiger partial charge is 0.242 e. The molecule has 1 heterocycles. The average Bonchev–Trinajstić information content (AvgIpc) is 2.46. The molecule has 8 heteroatoms. The van der Waals surface area contributed by atoms with Crippen molar-refractivity contribution in [2.45, 2.75) is 17.9 Å². The zero-order valence-corrected chi connectivity index (χ0v) is 15.3. The van der Waals surface area contributed by atoms with E-state index in [1.165, 1.54) is 18.4 Å². The van der Waals surface area contributed by atoms with Gasteiger partial charge in [0.2, 0.25) is 10.0 Å². The van der Waals surface area contributed by atoms with Gasteiger partial charge in [0.1, 0.15) is 0 Å². The van der Waals surface area contributed by atoms with Crippen molar-refractivity contribution in [2.75, 3.05) is 27.2 Å². The molecule has 2 N–H and O–H groups in total. The Bertz CT molecular complexity index is 602. The quantitative estimate of drug-likeness (QED) is 0.708. The summed E-state index contributed by atoms with van der Waals surface area (Å²) in [7, 11) is -0.359. The standard InChI is InChI=1S/C13H20N4O2S.HI/c1-17(2)20(18,19)12-7-4-3-6-11(12)10-16-13-14-8-5-9-15-13;/h3-4,6-7H,5,8-10H2,1-2H3,(H2,14,15,16);1H. The molecule has 1 aromatic rings. The van der Waals surface area contributed by atoms with Gasteiger partial charge in [0.05, 0.1) is 4.90 Å². The van der Waals surface area contributed by atoms with Crippen LogP contribution in [0.4, 0.5) is 0 Å². The van der Waals surface area contributed by atoms with E-state index in [9.17, 15) is 8.42 Å². The van der Waals surface area contributed by atoms with Crippen molar-refractivity contribution in [3.63, 3.8) is 0 Å². The third-order valence-electron chi connectivity index (χ3n) is 3.07. The summed E-state index contributed by atoms with van der Waals surface area (Å²) < 4.78 is 25.7. The van der Waals surface area contributed by atoms with Gasteiger partial charge in [-0.25, -0.2) is 12.7 Å². The highest BCUT2D eigenvalue weighted by Crippen LogP contribution is 2.18. The lowest BCUT2D eigenvalue weighted by Crippen LogP contribution is -2.40. The van der Waals surface area contributed by atoms with Crippen molar-refractivity contribution in [3.05, 3.63) is 29.8 Å². The predicted molar refractivity (Wildman–Crippen MR) is 94.5 cm³/mol. The molecule has 0 bridgehead atoms. The molecule has 21 heavy (non-hydrogen) atoms. The normalized spacial score (nSPS) is 14.9. The van der Waals surface area contributed by atoms with Crippen LogP contribution in [0.3, 0.4) is 0 Å². The minimum atomic E-state index is -3.43. The minimum Gasteiger partial charge on any atom is -0.356 e. The van der Waals surface area contributed by atoms with E-state index in [1.807, 2.05) is 12.1 Å². The molecular formula is C13H21IN4O2S. The topological polar surface area (TPSA) is 73.8 Å². The highest BCUT2D eigenvalue weighted by atomic mass is 127. The zero-order valence-electron chi connectivity index (χ0n) is 12.2. The van der Waals surface area contributed by atoms with Crippen LogP contribution in [-0.2, 0) is 16.6 Å². The van der Waals surface area contributed by atoms with Crippen molar-refractivity contribution in [2.24, 2.45) is 4.99 Å². The minimum absolute atomic E-state index is 0. The fraction of sp³-hybridized carbons (Fsp3) is 0.462. The van der Waals surface area contributed by atoms with Crippen LogP contribution in [-0.4, -0.2) is 45.9 Å². The van der Waals surface area contributed by atoms with Crippen molar-refractivity contribution >= 4 is 40.0 Å². The Kier molecular flexibility index (Phi) is 6.88. The maximum absolute atomic E-state index is 12.3. The molecule has 2 rings (SSSR count). The number of nitrogens with zero attached hydrogens (tertiary/aromatic N) is 2. The maximum atomic E-state index is 12.3. The van der Waals surface area contributed by atoms with Gasteiger partial charge in [0.25, 0.3) is 0 Å². The highest BCUT2D eigenvalue weighted by Gasteiger charge is 2.20. The Balaban J connectivity index is 0.00000220. The first-order chi connectivity index (χ1) is 9.51. The third-order valence-corrected chi connectivity index (χ3v) is 4.99. The van der Waals surface area contributed by atoms with Gasteiger partial charge in [-0.05, 0) is 18.1 Å². The summed E-state index contributed by atoms with van der Waals surface area (Å²) in [5.74, 6) is 0.730. The second kappa shape index (κ2) is 7.95. The van der Waals surface area contributed by atoms with E-state index < -0.39 is 10.0 Å². The van der Waals surface area contributed by atoms with Gasteiger partial charge in [-0.3, -0.25) is 4.99 Å². The number of guanidine groups is 1. The van der Waals surface area contributed by atoms with E-state index in [2.05, 4.69) is 15.6 Å². The van der Waals surface area contributed by atoms with Gasteiger partial charge >= 0.3 is 0 Å². The van der Waals surface area contributed by atoms with Crippen molar-refractivity contribution in [1.82, 2.24) is 14.9 Å². The molecule has 0 amide bonds. The molecule has 118 valence electrons. The maximum Gasteiger partial charge on any atom is 0.242 e. The summed E-state index contributed by atoms with van der Waals surface area (Å²) in [6.45, 7) is 2.12. The Morgan fingerprint density at radius 1 is 1.33 bits per heavy atom. The Morgan fingerprint density at radius 2 is 2.05 bits per heavy atom. The van der Waals surface area contributed by atoms with Crippen LogP contribution in [0.5, 0.6) is 0 Å². The SMILES string of the molecule is CN(C)S(=O)(=O)c1ccccc1CNC1=NCCCN1.I. The number of benzene rings is 1. The lowest BCUT2D eigenvalue weighted by molar-refractivity contribution is 0.519. The fourth-order valence-electron chi connectivity index (χ4n) is 1.93. The summed E-state index contributed by atoms with van der Waals surface area (Å²) >= 11 is 0. The summed E-state index contributed by atoms with van der Waals surface area (Å²) in [6, 6.07) is 7.01. The molecule has 0 aromatic heterocycles. The van der Waals surface area contributed by atoms with E-state index in [0.29, 0.717) is 11.4 Å². The molecule has 0 spiro atoms. The van der Waals surface area contributed by atoms with Gasteiger partial charge in [-0.1, -0.05) is 18.2 Å². The average molecular weight is 424 g/mol. The number of rotatable bonds is 4. The Morgan fingerprint density at radius 3 is 2.67 bits per heavy atom. The largest absolute Gasteiger partial charge is 0.356 e. The summed E-state index contributed by atoms with van der Waals surface area (Å²) in [6.07, 6.45) is 1.02. The fourth-order valence-corrected chi connectivity index (χ4v) is 3.04. The molecule has 0 atom stereocenters. The molecule has 1 aromatic carbocycles. The third kappa shape index (κ3) is 4.55. The molecule has 0 radical (unpaired) electrons. The monoisotopic (exact) mass is 424 g/mol. The lowest BCUT2D eigenvalue weighted by Gasteiger charge is -2.18. The van der Waals surface area contributed by atoms with Gasteiger partial charge in [0.15, 0.2) is 5.96 Å². The van der Waals surface area contributed by atoms with Crippen LogP contribution in [0.25, 0.3) is 0 Å². The first kappa shape index (κ1) is 18.2. The predicted octanol–water partition coefficient (Wildman–Crippen LogP) is 0.994. The van der Waals surface area contributed by atoms with Gasteiger partial charge in [0, 0.05) is 33.7 Å². The number of halogens is 1. The molecule has 0 aliphatic carbocycles. The second-order valence-corrected chi connectivity index (χ2v) is 6.88. The zero-order chi connectivity index (χ0) is 14.6. The lowest BCUT2D eigenvalue weighted by atomic mass is 10.2. The molecule has 0 fully saturated rings. The van der Waals surface area contributed by atoms with E-state index >= 15 is 0 Å². The molecular weight excluding hydrogens is 403 g/mol. The second-order valence-electron chi connectivity index (χ2n) is 4.76. The van der Waals surface area contributed by atoms with Crippen molar-refractivity contribution in [3.8, 4) is 0 Å². The van der Waals surface area contributed by atoms with Crippen LogP contribution >= 0.6 is 24.0 Å². The highest BCUT2D eigenvalue weighted by molar-refractivity contribution is 14.0. The molecule has 0 unspecified atom stereocenters. The van der Waals surface area contributed by atoms with E-state index in [4.69, 9.17) is 0 Å². The van der Waals surface area contributed by atoms with Crippen LogP contribution < -0.4 is 10.6 Å². The van der Waals surface area contributed by atoms with Gasteiger partial charge in [-0.2, -0.15) is 0 Å². The van der Waals surface area contributed by atoms with Crippen LogP contribution in [0.1, 0.15) is 12.0 Å². The first-order valence-corrected chi connectivity index (χ1v) is 7.98. The molecule has 0 saturated heterocycles. The Hall–Kier alpha value is -0.870. The van der Waals surface area contributed by atoms with Crippen LogP contribution in [0.2, 0.25) is 0 Å². The molecule has 1 aliphatic rings. The van der Waals surface area contributed by atoms with Crippen molar-refractivity contribution < 1.29 is 8.42 Å². The first-order valence-electron chi connectivity index (χ1n) is 6.54. The molecule has 6 nitrogen and oxygen atoms in total. The van der Waals surface area contributed by atoms with E-state index in [-0.39, 0.29) is 24.0 Å². The van der Waals surface area contributed by atoms with Gasteiger partial charge in [-0.15, -0.1) is 24.0 Å². The molecule has 1 aliphatic heterocycles. The Labute approximate surface area is 143 Å². The van der Waals surface area contributed by atoms with Crippen LogP contribution in [0.15, 0.2) is 34.2 Å².